The highest BCUT2D eigenvalue weighted by atomic mass is 32.1. The summed E-state index contributed by atoms with van der Waals surface area (Å²) in [6.45, 7) is 0.286. The van der Waals surface area contributed by atoms with Crippen molar-refractivity contribution in [3.8, 4) is 11.3 Å². The molecule has 1 heterocycles. The lowest BCUT2D eigenvalue weighted by Gasteiger charge is -2.03. The van der Waals surface area contributed by atoms with Crippen LogP contribution in [-0.2, 0) is 6.54 Å². The van der Waals surface area contributed by atoms with E-state index in [9.17, 15) is 4.79 Å². The second-order valence-corrected chi connectivity index (χ2v) is 5.40. The van der Waals surface area contributed by atoms with Gasteiger partial charge in [0.05, 0.1) is 6.20 Å². The van der Waals surface area contributed by atoms with Gasteiger partial charge in [-0.25, -0.2) is 4.98 Å². The second kappa shape index (κ2) is 6.54. The van der Waals surface area contributed by atoms with E-state index in [1.165, 1.54) is 0 Å². The largest absolute Gasteiger partial charge is 0.287 e. The van der Waals surface area contributed by atoms with Gasteiger partial charge in [0, 0.05) is 16.0 Å². The molecule has 0 aliphatic carbocycles. The number of benzene rings is 2. The van der Waals surface area contributed by atoms with Crippen LogP contribution >= 0.6 is 12.6 Å². The summed E-state index contributed by atoms with van der Waals surface area (Å²) in [5.74, 6) is 0.0712. The molecule has 4 heteroatoms. The summed E-state index contributed by atoms with van der Waals surface area (Å²) in [6.07, 6.45) is 5.37. The first-order valence-electron chi connectivity index (χ1n) is 6.96. The number of hydrogen-bond acceptors (Lipinski definition) is 3. The van der Waals surface area contributed by atoms with Crippen molar-refractivity contribution >= 4 is 18.4 Å². The molecular weight excluding hydrogens is 292 g/mol. The van der Waals surface area contributed by atoms with Crippen LogP contribution in [0.25, 0.3) is 11.3 Å². The molecule has 0 bridgehead atoms. The average Bonchev–Trinajstić information content (AvgIpc) is 2.56. The Bertz CT molecular complexity index is 803. The lowest BCUT2D eigenvalue weighted by atomic mass is 10.1. The fraction of sp³-hybridized carbons (Fsp3) is 0.0556. The first-order valence-corrected chi connectivity index (χ1v) is 7.40. The van der Waals surface area contributed by atoms with Crippen molar-refractivity contribution < 1.29 is 9.36 Å². The molecule has 0 amide bonds. The van der Waals surface area contributed by atoms with E-state index in [0.717, 1.165) is 16.2 Å². The van der Waals surface area contributed by atoms with Gasteiger partial charge in [0.2, 0.25) is 12.3 Å². The maximum absolute atomic E-state index is 12.3. The normalized spacial score (nSPS) is 10.4. The molecule has 22 heavy (non-hydrogen) atoms. The lowest BCUT2D eigenvalue weighted by Crippen LogP contribution is -2.37. The number of rotatable bonds is 4. The van der Waals surface area contributed by atoms with Crippen LogP contribution in [-0.4, -0.2) is 10.8 Å². The molecule has 0 spiro atoms. The van der Waals surface area contributed by atoms with Gasteiger partial charge in [0.25, 0.3) is 0 Å². The van der Waals surface area contributed by atoms with E-state index in [0.29, 0.717) is 5.56 Å². The Hall–Kier alpha value is -2.46. The number of carbonyl (C=O) groups excluding carboxylic acids is 1. The number of ketones is 1. The summed E-state index contributed by atoms with van der Waals surface area (Å²) >= 11 is 4.45. The summed E-state index contributed by atoms with van der Waals surface area (Å²) in [4.78, 5) is 17.5. The Morgan fingerprint density at radius 2 is 1.77 bits per heavy atom. The molecule has 0 aliphatic rings. The summed E-state index contributed by atoms with van der Waals surface area (Å²) < 4.78 is 1.85. The topological polar surface area (TPSA) is 33.8 Å². The molecule has 0 radical (unpaired) electrons. The van der Waals surface area contributed by atoms with Crippen molar-refractivity contribution in [3.63, 3.8) is 0 Å². The van der Waals surface area contributed by atoms with Crippen molar-refractivity contribution in [2.24, 2.45) is 0 Å². The zero-order chi connectivity index (χ0) is 15.4. The molecule has 0 unspecified atom stereocenters. The SMILES string of the molecule is O=C(C[n+]1ccnc(-c2ccccc2S)c1)c1ccccc1. The highest BCUT2D eigenvalue weighted by Crippen LogP contribution is 2.22. The monoisotopic (exact) mass is 307 g/mol. The minimum atomic E-state index is 0.0712. The third-order valence-corrected chi connectivity index (χ3v) is 3.75. The molecule has 3 rings (SSSR count). The minimum Gasteiger partial charge on any atom is -0.287 e. The van der Waals surface area contributed by atoms with Crippen LogP contribution in [0, 0.1) is 0 Å². The zero-order valence-electron chi connectivity index (χ0n) is 11.9. The molecule has 0 saturated heterocycles. The second-order valence-electron chi connectivity index (χ2n) is 4.92. The Balaban J connectivity index is 1.86. The van der Waals surface area contributed by atoms with E-state index in [2.05, 4.69) is 17.6 Å². The molecule has 2 aromatic carbocycles. The van der Waals surface area contributed by atoms with Crippen LogP contribution in [0.1, 0.15) is 10.4 Å². The standard InChI is InChI=1S/C18H14N2OS/c21-17(14-6-2-1-3-7-14)13-20-11-10-19-16(12-20)15-8-4-5-9-18(15)22/h1-12H,13H2/p+1. The fourth-order valence-electron chi connectivity index (χ4n) is 2.24. The summed E-state index contributed by atoms with van der Waals surface area (Å²) in [6, 6.07) is 17.1. The lowest BCUT2D eigenvalue weighted by molar-refractivity contribution is -0.683. The van der Waals surface area contributed by atoms with Crippen molar-refractivity contribution in [1.82, 2.24) is 4.98 Å². The summed E-state index contributed by atoms with van der Waals surface area (Å²) in [5, 5.41) is 0. The van der Waals surface area contributed by atoms with Gasteiger partial charge in [0.15, 0.2) is 12.4 Å². The Kier molecular flexibility index (Phi) is 4.30. The maximum Gasteiger partial charge on any atom is 0.227 e. The number of aromatic nitrogens is 2. The molecule has 3 nitrogen and oxygen atoms in total. The smallest absolute Gasteiger partial charge is 0.227 e. The van der Waals surface area contributed by atoms with Crippen LogP contribution in [0.2, 0.25) is 0 Å². The van der Waals surface area contributed by atoms with Gasteiger partial charge in [-0.3, -0.25) is 4.79 Å². The predicted molar refractivity (Wildman–Crippen MR) is 87.9 cm³/mol. The Morgan fingerprint density at radius 1 is 1.05 bits per heavy atom. The quantitative estimate of drug-likeness (QED) is 0.456. The summed E-state index contributed by atoms with van der Waals surface area (Å²) in [7, 11) is 0. The molecule has 0 N–H and O–H groups in total. The maximum atomic E-state index is 12.3. The van der Waals surface area contributed by atoms with E-state index in [4.69, 9.17) is 0 Å². The molecular formula is C18H15N2OS+. The number of thiol groups is 1. The van der Waals surface area contributed by atoms with Gasteiger partial charge in [-0.1, -0.05) is 48.5 Å². The molecule has 1 aromatic heterocycles. The van der Waals surface area contributed by atoms with Crippen LogP contribution in [0.4, 0.5) is 0 Å². The van der Waals surface area contributed by atoms with Crippen LogP contribution < -0.4 is 4.57 Å². The van der Waals surface area contributed by atoms with E-state index in [1.807, 2.05) is 65.4 Å². The van der Waals surface area contributed by atoms with Gasteiger partial charge in [-0.15, -0.1) is 12.6 Å². The van der Waals surface area contributed by atoms with Gasteiger partial charge < -0.3 is 0 Å². The molecule has 0 fully saturated rings. The molecule has 3 aromatic rings. The first kappa shape index (κ1) is 14.5. The highest BCUT2D eigenvalue weighted by Gasteiger charge is 2.14. The third-order valence-electron chi connectivity index (χ3n) is 3.36. The average molecular weight is 307 g/mol. The van der Waals surface area contributed by atoms with Gasteiger partial charge in [-0.2, -0.15) is 4.57 Å². The molecule has 0 saturated carbocycles. The van der Waals surface area contributed by atoms with Crippen LogP contribution in [0.3, 0.4) is 0 Å². The number of carbonyl (C=O) groups is 1. The Labute approximate surface area is 134 Å². The van der Waals surface area contributed by atoms with Gasteiger partial charge >= 0.3 is 0 Å². The predicted octanol–water partition coefficient (Wildman–Crippen LogP) is 3.21. The van der Waals surface area contributed by atoms with Crippen molar-refractivity contribution in [2.75, 3.05) is 0 Å². The van der Waals surface area contributed by atoms with Crippen molar-refractivity contribution in [3.05, 3.63) is 78.8 Å². The highest BCUT2D eigenvalue weighted by molar-refractivity contribution is 7.80. The van der Waals surface area contributed by atoms with Crippen molar-refractivity contribution in [2.45, 2.75) is 11.4 Å². The minimum absolute atomic E-state index is 0.0712. The van der Waals surface area contributed by atoms with Gasteiger partial charge in [-0.05, 0) is 6.07 Å². The third kappa shape index (κ3) is 3.23. The van der Waals surface area contributed by atoms with E-state index >= 15 is 0 Å². The molecule has 0 aliphatic heterocycles. The van der Waals surface area contributed by atoms with Crippen LogP contribution in [0.15, 0.2) is 78.1 Å². The van der Waals surface area contributed by atoms with Gasteiger partial charge in [0.1, 0.15) is 5.69 Å². The molecule has 0 atom stereocenters. The van der Waals surface area contributed by atoms with E-state index in [-0.39, 0.29) is 12.3 Å². The summed E-state index contributed by atoms with van der Waals surface area (Å²) in [5.41, 5.74) is 2.46. The number of hydrogen-bond donors (Lipinski definition) is 1. The first-order chi connectivity index (χ1) is 10.7. The van der Waals surface area contributed by atoms with E-state index < -0.39 is 0 Å². The fourth-order valence-corrected chi connectivity index (χ4v) is 2.52. The zero-order valence-corrected chi connectivity index (χ0v) is 12.8. The van der Waals surface area contributed by atoms with Crippen molar-refractivity contribution in [1.29, 1.82) is 0 Å². The number of nitrogens with zero attached hydrogens (tertiary/aromatic N) is 2. The van der Waals surface area contributed by atoms with E-state index in [1.54, 1.807) is 12.4 Å². The number of Topliss-reactive ketones (excluding diaryl/α,β-unsaturated/α-hetero) is 1. The Morgan fingerprint density at radius 3 is 2.55 bits per heavy atom. The molecule has 108 valence electrons. The van der Waals surface area contributed by atoms with Crippen LogP contribution in [0.5, 0.6) is 0 Å².